The van der Waals surface area contributed by atoms with Crippen molar-refractivity contribution in [2.24, 2.45) is 17.0 Å². The van der Waals surface area contributed by atoms with E-state index in [2.05, 4.69) is 54.2 Å². The number of benzene rings is 1. The van der Waals surface area contributed by atoms with Crippen molar-refractivity contribution in [2.45, 2.75) is 82.5 Å². The second kappa shape index (κ2) is 13.8. The summed E-state index contributed by atoms with van der Waals surface area (Å²) in [5.74, 6) is 1.01. The maximum absolute atomic E-state index is 12.9. The summed E-state index contributed by atoms with van der Waals surface area (Å²) < 4.78 is 0. The van der Waals surface area contributed by atoms with Gasteiger partial charge in [0.2, 0.25) is 0 Å². The number of hydrogen-bond donors (Lipinski definition) is 4. The van der Waals surface area contributed by atoms with E-state index in [4.69, 9.17) is 4.84 Å². The van der Waals surface area contributed by atoms with Crippen LogP contribution in [0.4, 0.5) is 5.82 Å². The number of anilines is 1. The molecule has 0 saturated heterocycles. The molecule has 230 valence electrons. The smallest absolute Gasteiger partial charge is 0.270 e. The molecule has 0 unspecified atom stereocenters. The first-order valence-corrected chi connectivity index (χ1v) is 15.8. The molecule has 0 bridgehead atoms. The summed E-state index contributed by atoms with van der Waals surface area (Å²) in [5, 5.41) is 24.2. The number of oxime groups is 1. The van der Waals surface area contributed by atoms with Crippen molar-refractivity contribution < 1.29 is 19.5 Å². The number of nitrogens with zero attached hydrogens (tertiary/aromatic N) is 4. The SMILES string of the molecule is O=C(NC1CCC(Nc2cc(C(=O)NC[C@H](O)CN3CCc4ccccc4C3)ncn2)CC1)/C(=N\OCC1CC1)C1CC1. The normalized spacial score (nSPS) is 23.1. The Hall–Kier alpha value is -3.57. The van der Waals surface area contributed by atoms with Gasteiger partial charge in [0, 0.05) is 50.2 Å². The minimum Gasteiger partial charge on any atom is -0.395 e. The zero-order valence-electron chi connectivity index (χ0n) is 24.7. The van der Waals surface area contributed by atoms with Crippen molar-refractivity contribution in [3.63, 3.8) is 0 Å². The molecule has 4 aliphatic rings. The van der Waals surface area contributed by atoms with Crippen LogP contribution in [0.1, 0.15) is 73.0 Å². The van der Waals surface area contributed by atoms with Gasteiger partial charge in [-0.1, -0.05) is 29.4 Å². The fraction of sp³-hybridized carbons (Fsp3) is 0.594. The highest BCUT2D eigenvalue weighted by Crippen LogP contribution is 2.32. The van der Waals surface area contributed by atoms with Crippen LogP contribution in [-0.4, -0.2) is 81.9 Å². The quantitative estimate of drug-likeness (QED) is 0.207. The van der Waals surface area contributed by atoms with Gasteiger partial charge >= 0.3 is 0 Å². The molecule has 4 N–H and O–H groups in total. The maximum atomic E-state index is 12.9. The van der Waals surface area contributed by atoms with Crippen LogP contribution in [0.3, 0.4) is 0 Å². The third kappa shape index (κ3) is 8.51. The molecule has 43 heavy (non-hydrogen) atoms. The Morgan fingerprint density at radius 2 is 1.79 bits per heavy atom. The molecule has 3 fully saturated rings. The molecule has 3 aliphatic carbocycles. The van der Waals surface area contributed by atoms with Gasteiger partial charge in [0.25, 0.3) is 11.8 Å². The van der Waals surface area contributed by atoms with E-state index in [-0.39, 0.29) is 42.1 Å². The number of hydrogen-bond acceptors (Lipinski definition) is 9. The molecule has 2 amide bonds. The fourth-order valence-electron chi connectivity index (χ4n) is 5.94. The number of aromatic nitrogens is 2. The monoisotopic (exact) mass is 589 g/mol. The Morgan fingerprint density at radius 1 is 1.02 bits per heavy atom. The van der Waals surface area contributed by atoms with Crippen LogP contribution < -0.4 is 16.0 Å². The number of amides is 2. The van der Waals surface area contributed by atoms with Crippen molar-refractivity contribution in [3.8, 4) is 0 Å². The number of aliphatic hydroxyl groups excluding tert-OH is 1. The zero-order chi connectivity index (χ0) is 29.6. The van der Waals surface area contributed by atoms with Gasteiger partial charge in [0.15, 0.2) is 0 Å². The van der Waals surface area contributed by atoms with E-state index < -0.39 is 6.10 Å². The fourth-order valence-corrected chi connectivity index (χ4v) is 5.94. The molecule has 11 nitrogen and oxygen atoms in total. The van der Waals surface area contributed by atoms with Crippen LogP contribution in [0.2, 0.25) is 0 Å². The van der Waals surface area contributed by atoms with Crippen LogP contribution in [0.15, 0.2) is 41.8 Å². The number of nitrogens with one attached hydrogen (secondary N) is 3. The molecule has 2 heterocycles. The van der Waals surface area contributed by atoms with Gasteiger partial charge in [-0.05, 0) is 74.8 Å². The molecule has 6 rings (SSSR count). The average molecular weight is 590 g/mol. The van der Waals surface area contributed by atoms with Crippen LogP contribution in [-0.2, 0) is 22.6 Å². The molecule has 1 atom stereocenters. The van der Waals surface area contributed by atoms with E-state index in [0.29, 0.717) is 30.6 Å². The topological polar surface area (TPSA) is 141 Å². The third-order valence-corrected chi connectivity index (χ3v) is 8.86. The number of aliphatic hydroxyl groups is 1. The Bertz CT molecular complexity index is 1300. The minimum atomic E-state index is -0.675. The maximum Gasteiger partial charge on any atom is 0.270 e. The predicted octanol–water partition coefficient (Wildman–Crippen LogP) is 2.66. The van der Waals surface area contributed by atoms with Gasteiger partial charge in [-0.15, -0.1) is 0 Å². The summed E-state index contributed by atoms with van der Waals surface area (Å²) in [7, 11) is 0. The predicted molar refractivity (Wildman–Crippen MR) is 162 cm³/mol. The molecular formula is C32H43N7O4. The van der Waals surface area contributed by atoms with Crippen molar-refractivity contribution >= 4 is 23.3 Å². The Labute approximate surface area is 252 Å². The summed E-state index contributed by atoms with van der Waals surface area (Å²) in [6.45, 7) is 2.96. The summed E-state index contributed by atoms with van der Waals surface area (Å²) >= 11 is 0. The van der Waals surface area contributed by atoms with Crippen molar-refractivity contribution in [1.29, 1.82) is 0 Å². The van der Waals surface area contributed by atoms with E-state index >= 15 is 0 Å². The average Bonchev–Trinajstić information content (AvgIpc) is 3.95. The van der Waals surface area contributed by atoms with Gasteiger partial charge in [-0.25, -0.2) is 9.97 Å². The van der Waals surface area contributed by atoms with E-state index in [0.717, 1.165) is 58.0 Å². The molecule has 11 heteroatoms. The lowest BCUT2D eigenvalue weighted by molar-refractivity contribution is -0.116. The lowest BCUT2D eigenvalue weighted by Gasteiger charge is -2.30. The third-order valence-electron chi connectivity index (χ3n) is 8.86. The summed E-state index contributed by atoms with van der Waals surface area (Å²) in [5.41, 5.74) is 3.48. The van der Waals surface area contributed by atoms with Crippen molar-refractivity contribution in [1.82, 2.24) is 25.5 Å². The largest absolute Gasteiger partial charge is 0.395 e. The van der Waals surface area contributed by atoms with E-state index in [1.165, 1.54) is 30.3 Å². The first-order valence-electron chi connectivity index (χ1n) is 15.8. The van der Waals surface area contributed by atoms with Crippen LogP contribution in [0.5, 0.6) is 0 Å². The van der Waals surface area contributed by atoms with E-state index in [1.54, 1.807) is 6.07 Å². The highest BCUT2D eigenvalue weighted by atomic mass is 16.6. The number of carbonyl (C=O) groups excluding carboxylic acids is 2. The molecule has 1 aliphatic heterocycles. The van der Waals surface area contributed by atoms with Gasteiger partial charge in [0.05, 0.1) is 6.10 Å². The lowest BCUT2D eigenvalue weighted by Crippen LogP contribution is -2.43. The summed E-state index contributed by atoms with van der Waals surface area (Å²) in [6.07, 6.45) is 9.52. The van der Waals surface area contributed by atoms with Gasteiger partial charge in [-0.2, -0.15) is 0 Å². The standard InChI is InChI=1S/C32H43N7O4/c40-27(18-39-14-13-22-3-1-2-4-24(22)17-39)16-33-31(41)28-15-29(35-20-34-28)36-25-9-11-26(12-10-25)37-32(42)30(23-7-8-23)38-43-19-21-5-6-21/h1-4,15,20-21,23,25-27,40H,5-14,16-19H2,(H,33,41)(H,37,42)(H,34,35,36)/b38-30-/t25?,26?,27-/m0/s1. The Balaban J connectivity index is 0.915. The van der Waals surface area contributed by atoms with Gasteiger partial charge in [0.1, 0.15) is 30.2 Å². The minimum absolute atomic E-state index is 0.0902. The summed E-state index contributed by atoms with van der Waals surface area (Å²) in [6, 6.07) is 10.3. The number of rotatable bonds is 13. The van der Waals surface area contributed by atoms with Crippen LogP contribution >= 0.6 is 0 Å². The molecule has 0 radical (unpaired) electrons. The first-order chi connectivity index (χ1) is 21.0. The molecule has 2 aromatic rings. The van der Waals surface area contributed by atoms with E-state index in [1.807, 2.05) is 6.07 Å². The Morgan fingerprint density at radius 3 is 2.56 bits per heavy atom. The summed E-state index contributed by atoms with van der Waals surface area (Å²) in [4.78, 5) is 41.8. The van der Waals surface area contributed by atoms with Gasteiger partial charge in [-0.3, -0.25) is 14.5 Å². The second-order valence-electron chi connectivity index (χ2n) is 12.6. The van der Waals surface area contributed by atoms with Crippen molar-refractivity contribution in [2.75, 3.05) is 31.6 Å². The first kappa shape index (κ1) is 29.5. The van der Waals surface area contributed by atoms with E-state index in [9.17, 15) is 14.7 Å². The second-order valence-corrected chi connectivity index (χ2v) is 12.6. The Kier molecular flexibility index (Phi) is 9.48. The lowest BCUT2D eigenvalue weighted by atomic mass is 9.91. The highest BCUT2D eigenvalue weighted by Gasteiger charge is 2.35. The van der Waals surface area contributed by atoms with Crippen LogP contribution in [0.25, 0.3) is 0 Å². The molecule has 1 aromatic carbocycles. The molecule has 3 saturated carbocycles. The molecule has 0 spiro atoms. The highest BCUT2D eigenvalue weighted by molar-refractivity contribution is 6.40. The zero-order valence-corrected chi connectivity index (χ0v) is 24.7. The number of carbonyl (C=O) groups is 2. The van der Waals surface area contributed by atoms with Gasteiger partial charge < -0.3 is 25.9 Å². The van der Waals surface area contributed by atoms with Crippen LogP contribution in [0, 0.1) is 11.8 Å². The van der Waals surface area contributed by atoms with Crippen molar-refractivity contribution in [3.05, 3.63) is 53.5 Å². The number of fused-ring (bicyclic) bond motifs is 1. The number of β-amino-alcohol motifs (C(OH)–C–C–N with tert-alkyl or cyclic N) is 1. The molecule has 1 aromatic heterocycles. The molecular weight excluding hydrogens is 546 g/mol.